The number of carbonyl (C=O) groups excluding carboxylic acids is 1. The van der Waals surface area contributed by atoms with Gasteiger partial charge in [0.2, 0.25) is 0 Å². The van der Waals surface area contributed by atoms with Crippen LogP contribution < -0.4 is 9.62 Å². The summed E-state index contributed by atoms with van der Waals surface area (Å²) in [5.74, 6) is -0.219. The molecule has 0 fully saturated rings. The average Bonchev–Trinajstić information content (AvgIpc) is 3.04. The van der Waals surface area contributed by atoms with E-state index in [4.69, 9.17) is 0 Å². The molecule has 0 saturated heterocycles. The molecule has 0 aromatic heterocycles. The van der Waals surface area contributed by atoms with Gasteiger partial charge in [0, 0.05) is 11.7 Å². The van der Waals surface area contributed by atoms with Crippen LogP contribution in [0.25, 0.3) is 0 Å². The zero-order valence-electron chi connectivity index (χ0n) is 15.4. The largest absolute Gasteiger partial charge is 0.305 e. The molecule has 3 aromatic carbocycles. The van der Waals surface area contributed by atoms with Crippen molar-refractivity contribution in [3.63, 3.8) is 0 Å². The lowest BCUT2D eigenvalue weighted by Crippen LogP contribution is -2.36. The number of nitrogens with one attached hydrogen (secondary N) is 1. The minimum absolute atomic E-state index is 0.00341. The molecular formula is C22H20N2O3S. The van der Waals surface area contributed by atoms with E-state index in [0.717, 1.165) is 17.7 Å². The second-order valence-corrected chi connectivity index (χ2v) is 8.50. The molecule has 3 aromatic rings. The molecule has 1 N–H and O–H groups in total. The van der Waals surface area contributed by atoms with Crippen LogP contribution in [-0.4, -0.2) is 20.4 Å². The van der Waals surface area contributed by atoms with Crippen LogP contribution in [-0.2, 0) is 16.4 Å². The first-order valence-electron chi connectivity index (χ1n) is 9.06. The van der Waals surface area contributed by atoms with Crippen LogP contribution in [0.1, 0.15) is 22.8 Å². The van der Waals surface area contributed by atoms with Crippen molar-refractivity contribution in [2.24, 2.45) is 0 Å². The van der Waals surface area contributed by atoms with Gasteiger partial charge in [0.1, 0.15) is 0 Å². The Morgan fingerprint density at radius 2 is 1.57 bits per heavy atom. The minimum atomic E-state index is -3.79. The molecule has 1 unspecified atom stereocenters. The Labute approximate surface area is 164 Å². The summed E-state index contributed by atoms with van der Waals surface area (Å²) in [5.41, 5.74) is 2.59. The predicted molar refractivity (Wildman–Crippen MR) is 110 cm³/mol. The molecule has 1 atom stereocenters. The normalized spacial score (nSPS) is 15.9. The first kappa shape index (κ1) is 18.3. The Hall–Kier alpha value is -3.12. The fraction of sp³-hybridized carbons (Fsp3) is 0.136. The van der Waals surface area contributed by atoms with Crippen LogP contribution >= 0.6 is 0 Å². The molecule has 1 aliphatic rings. The number of benzene rings is 3. The van der Waals surface area contributed by atoms with Crippen molar-refractivity contribution >= 4 is 27.3 Å². The highest BCUT2D eigenvalue weighted by Crippen LogP contribution is 2.34. The zero-order valence-corrected chi connectivity index (χ0v) is 16.2. The first-order valence-corrected chi connectivity index (χ1v) is 10.5. The number of hydrogen-bond acceptors (Lipinski definition) is 3. The molecule has 5 nitrogen and oxygen atoms in total. The third-order valence-electron chi connectivity index (χ3n) is 4.88. The third kappa shape index (κ3) is 3.27. The summed E-state index contributed by atoms with van der Waals surface area (Å²) in [6, 6.07) is 22.6. The zero-order chi connectivity index (χ0) is 19.7. The number of rotatable bonds is 4. The fourth-order valence-electron chi connectivity index (χ4n) is 3.57. The highest BCUT2D eigenvalue weighted by atomic mass is 32.2. The van der Waals surface area contributed by atoms with Crippen LogP contribution in [0.2, 0.25) is 0 Å². The van der Waals surface area contributed by atoms with Gasteiger partial charge in [-0.15, -0.1) is 0 Å². The number of amides is 1. The fourth-order valence-corrected chi connectivity index (χ4v) is 4.67. The Morgan fingerprint density at radius 3 is 2.36 bits per heavy atom. The molecular weight excluding hydrogens is 372 g/mol. The predicted octanol–water partition coefficient (Wildman–Crippen LogP) is 4.08. The van der Waals surface area contributed by atoms with Crippen LogP contribution in [0.3, 0.4) is 0 Å². The van der Waals surface area contributed by atoms with Gasteiger partial charge in [-0.3, -0.25) is 9.52 Å². The summed E-state index contributed by atoms with van der Waals surface area (Å²) in [5, 5.41) is 0. The molecule has 0 radical (unpaired) electrons. The maximum atomic E-state index is 13.4. The number of sulfonamides is 1. The van der Waals surface area contributed by atoms with E-state index in [9.17, 15) is 13.2 Å². The van der Waals surface area contributed by atoms with Crippen molar-refractivity contribution < 1.29 is 13.2 Å². The monoisotopic (exact) mass is 392 g/mol. The Kier molecular flexibility index (Phi) is 4.65. The number of nitrogens with zero attached hydrogens (tertiary/aromatic N) is 1. The maximum absolute atomic E-state index is 13.4. The van der Waals surface area contributed by atoms with Gasteiger partial charge in [-0.2, -0.15) is 0 Å². The number of anilines is 2. The van der Waals surface area contributed by atoms with E-state index in [-0.39, 0.29) is 22.5 Å². The topological polar surface area (TPSA) is 66.5 Å². The molecule has 28 heavy (non-hydrogen) atoms. The SMILES string of the molecule is CC1Cc2ccccc2N1C(=O)c1ccccc1NS(=O)(=O)c1ccccc1. The van der Waals surface area contributed by atoms with E-state index in [2.05, 4.69) is 4.72 Å². The minimum Gasteiger partial charge on any atom is -0.305 e. The lowest BCUT2D eigenvalue weighted by Gasteiger charge is -2.24. The van der Waals surface area contributed by atoms with Gasteiger partial charge in [0.25, 0.3) is 15.9 Å². The van der Waals surface area contributed by atoms with Gasteiger partial charge in [-0.05, 0) is 49.2 Å². The van der Waals surface area contributed by atoms with Crippen molar-refractivity contribution in [3.8, 4) is 0 Å². The van der Waals surface area contributed by atoms with Gasteiger partial charge in [-0.1, -0.05) is 48.5 Å². The van der Waals surface area contributed by atoms with Crippen molar-refractivity contribution in [2.75, 3.05) is 9.62 Å². The lowest BCUT2D eigenvalue weighted by molar-refractivity contribution is 0.0982. The van der Waals surface area contributed by atoms with Crippen molar-refractivity contribution in [2.45, 2.75) is 24.3 Å². The van der Waals surface area contributed by atoms with Crippen LogP contribution in [0, 0.1) is 0 Å². The molecule has 0 spiro atoms. The van der Waals surface area contributed by atoms with E-state index in [1.165, 1.54) is 12.1 Å². The molecule has 0 saturated carbocycles. The Morgan fingerprint density at radius 1 is 0.929 bits per heavy atom. The average molecular weight is 392 g/mol. The molecule has 1 amide bonds. The van der Waals surface area contributed by atoms with E-state index in [1.54, 1.807) is 47.4 Å². The highest BCUT2D eigenvalue weighted by Gasteiger charge is 2.32. The molecule has 4 rings (SSSR count). The second kappa shape index (κ2) is 7.13. The Balaban J connectivity index is 1.70. The molecule has 142 valence electrons. The number of fused-ring (bicyclic) bond motifs is 1. The van der Waals surface area contributed by atoms with Gasteiger partial charge in [0.05, 0.1) is 16.1 Å². The van der Waals surface area contributed by atoms with Gasteiger partial charge in [0.15, 0.2) is 0 Å². The van der Waals surface area contributed by atoms with E-state index in [1.807, 2.05) is 31.2 Å². The highest BCUT2D eigenvalue weighted by molar-refractivity contribution is 7.92. The van der Waals surface area contributed by atoms with Crippen LogP contribution in [0.15, 0.2) is 83.8 Å². The number of carbonyl (C=O) groups is 1. The molecule has 0 bridgehead atoms. The van der Waals surface area contributed by atoms with Crippen molar-refractivity contribution in [1.29, 1.82) is 0 Å². The van der Waals surface area contributed by atoms with Gasteiger partial charge < -0.3 is 4.90 Å². The van der Waals surface area contributed by atoms with E-state index >= 15 is 0 Å². The third-order valence-corrected chi connectivity index (χ3v) is 6.26. The number of hydrogen-bond donors (Lipinski definition) is 1. The number of para-hydroxylation sites is 2. The summed E-state index contributed by atoms with van der Waals surface area (Å²) in [6.07, 6.45) is 0.778. The summed E-state index contributed by atoms with van der Waals surface area (Å²) in [7, 11) is -3.79. The Bertz CT molecular complexity index is 1130. The summed E-state index contributed by atoms with van der Waals surface area (Å²) in [6.45, 7) is 1.99. The van der Waals surface area contributed by atoms with Crippen molar-refractivity contribution in [1.82, 2.24) is 0 Å². The second-order valence-electron chi connectivity index (χ2n) is 6.82. The quantitative estimate of drug-likeness (QED) is 0.728. The molecule has 6 heteroatoms. The summed E-state index contributed by atoms with van der Waals surface area (Å²) in [4.78, 5) is 15.2. The molecule has 1 aliphatic heterocycles. The molecule has 1 heterocycles. The molecule has 0 aliphatic carbocycles. The van der Waals surface area contributed by atoms with E-state index in [0.29, 0.717) is 5.56 Å². The summed E-state index contributed by atoms with van der Waals surface area (Å²) >= 11 is 0. The first-order chi connectivity index (χ1) is 13.5. The van der Waals surface area contributed by atoms with Crippen LogP contribution in [0.5, 0.6) is 0 Å². The summed E-state index contributed by atoms with van der Waals surface area (Å²) < 4.78 is 28.0. The lowest BCUT2D eigenvalue weighted by atomic mass is 10.1. The maximum Gasteiger partial charge on any atom is 0.261 e. The van der Waals surface area contributed by atoms with Crippen LogP contribution in [0.4, 0.5) is 11.4 Å². The van der Waals surface area contributed by atoms with E-state index < -0.39 is 10.0 Å². The van der Waals surface area contributed by atoms with Gasteiger partial charge >= 0.3 is 0 Å². The smallest absolute Gasteiger partial charge is 0.261 e. The van der Waals surface area contributed by atoms with Gasteiger partial charge in [-0.25, -0.2) is 8.42 Å². The standard InChI is InChI=1S/C22H20N2O3S/c1-16-15-17-9-5-8-14-21(17)24(16)22(25)19-12-6-7-13-20(19)23-28(26,27)18-10-3-2-4-11-18/h2-14,16,23H,15H2,1H3. The van der Waals surface area contributed by atoms with Crippen molar-refractivity contribution in [3.05, 3.63) is 90.0 Å².